The number of nitrogens with zero attached hydrogens (tertiary/aromatic N) is 1. The van der Waals surface area contributed by atoms with Gasteiger partial charge in [-0.3, -0.25) is 4.79 Å². The first kappa shape index (κ1) is 22.9. The summed E-state index contributed by atoms with van der Waals surface area (Å²) in [6.07, 6.45) is 2.70. The Hall–Kier alpha value is -3.32. The summed E-state index contributed by atoms with van der Waals surface area (Å²) in [5.41, 5.74) is 3.76. The number of ether oxygens (including phenoxy) is 2. The number of anilines is 2. The molecule has 1 fully saturated rings. The van der Waals surface area contributed by atoms with Crippen molar-refractivity contribution in [1.82, 2.24) is 0 Å². The molecule has 3 aromatic rings. The Bertz CT molecular complexity index is 1190. The molecule has 1 aliphatic rings. The normalized spacial score (nSPS) is 14.5. The highest BCUT2D eigenvalue weighted by Crippen LogP contribution is 2.27. The highest BCUT2D eigenvalue weighted by molar-refractivity contribution is 5.95. The number of aryl methyl sites for hydroxylation is 1. The molecule has 0 atom stereocenters. The summed E-state index contributed by atoms with van der Waals surface area (Å²) in [6, 6.07) is 12.8. The number of hydrogen-bond donors (Lipinski definition) is 1. The topological polar surface area (TPSA) is 81.0 Å². The number of nitrogens with one attached hydrogen (secondary N) is 1. The van der Waals surface area contributed by atoms with Crippen LogP contribution in [0.2, 0.25) is 0 Å². The average molecular weight is 451 g/mol. The maximum atomic E-state index is 12.9. The fourth-order valence-corrected chi connectivity index (χ4v) is 4.39. The summed E-state index contributed by atoms with van der Waals surface area (Å²) in [5.74, 6) is 0.225. The van der Waals surface area contributed by atoms with Gasteiger partial charge in [-0.2, -0.15) is 0 Å². The van der Waals surface area contributed by atoms with Crippen LogP contribution in [0.4, 0.5) is 11.6 Å². The Morgan fingerprint density at radius 3 is 2.64 bits per heavy atom. The van der Waals surface area contributed by atoms with Crippen molar-refractivity contribution < 1.29 is 18.7 Å². The van der Waals surface area contributed by atoms with E-state index >= 15 is 0 Å². The van der Waals surface area contributed by atoms with Crippen LogP contribution in [-0.2, 0) is 15.9 Å². The molecule has 7 heteroatoms. The molecule has 7 nitrogen and oxygen atoms in total. The predicted octanol–water partition coefficient (Wildman–Crippen LogP) is 4.16. The van der Waals surface area contributed by atoms with Crippen LogP contribution in [0.25, 0.3) is 11.0 Å². The second kappa shape index (κ2) is 10.1. The lowest BCUT2D eigenvalue weighted by molar-refractivity contribution is 0.0602. The summed E-state index contributed by atoms with van der Waals surface area (Å²) in [6.45, 7) is 4.13. The maximum absolute atomic E-state index is 12.9. The van der Waals surface area contributed by atoms with E-state index in [0.717, 1.165) is 37.1 Å². The average Bonchev–Trinajstić information content (AvgIpc) is 2.84. The highest BCUT2D eigenvalue weighted by Gasteiger charge is 2.22. The van der Waals surface area contributed by atoms with Crippen LogP contribution in [-0.4, -0.2) is 45.9 Å². The maximum Gasteiger partial charge on any atom is 0.339 e. The molecule has 0 bridgehead atoms. The second-order valence-corrected chi connectivity index (χ2v) is 8.39. The van der Waals surface area contributed by atoms with Gasteiger partial charge in [-0.1, -0.05) is 18.2 Å². The number of carbonyl (C=O) groups is 1. The molecule has 2 heterocycles. The van der Waals surface area contributed by atoms with Crippen molar-refractivity contribution in [3.63, 3.8) is 0 Å². The lowest BCUT2D eigenvalue weighted by Gasteiger charge is -2.31. The van der Waals surface area contributed by atoms with Gasteiger partial charge in [0.25, 0.3) is 0 Å². The molecule has 0 aliphatic carbocycles. The monoisotopic (exact) mass is 450 g/mol. The van der Waals surface area contributed by atoms with Crippen LogP contribution in [0.5, 0.6) is 0 Å². The number of piperidine rings is 1. The second-order valence-electron chi connectivity index (χ2n) is 8.39. The molecule has 1 aliphatic heterocycles. The van der Waals surface area contributed by atoms with E-state index in [0.29, 0.717) is 41.1 Å². The standard InChI is InChI=1S/C26H30N2O5/c1-17-14-18(8-11-27-22-7-5-4-6-20(22)26(30)32-3)25-21(15-17)23(29)16-24(33-25)28-12-9-19(31-2)10-13-28/h4-7,14-16,19,27H,8-13H2,1-3H3. The SMILES string of the molecule is COC(=O)c1ccccc1NCCc1cc(C)cc2c(=O)cc(N3CCC(OC)CC3)oc12. The molecule has 4 rings (SSSR count). The summed E-state index contributed by atoms with van der Waals surface area (Å²) < 4.78 is 16.6. The largest absolute Gasteiger partial charge is 0.465 e. The van der Waals surface area contributed by atoms with Crippen LogP contribution in [0.15, 0.2) is 51.7 Å². The Morgan fingerprint density at radius 1 is 1.15 bits per heavy atom. The lowest BCUT2D eigenvalue weighted by Crippen LogP contribution is -2.37. The minimum Gasteiger partial charge on any atom is -0.465 e. The van der Waals surface area contributed by atoms with Gasteiger partial charge < -0.3 is 24.1 Å². The van der Waals surface area contributed by atoms with Crippen LogP contribution in [0.3, 0.4) is 0 Å². The van der Waals surface area contributed by atoms with E-state index < -0.39 is 0 Å². The number of carbonyl (C=O) groups excluding carboxylic acids is 1. The first-order valence-corrected chi connectivity index (χ1v) is 11.3. The van der Waals surface area contributed by atoms with E-state index in [2.05, 4.69) is 16.3 Å². The molecule has 1 saturated heterocycles. The van der Waals surface area contributed by atoms with Gasteiger partial charge in [0.1, 0.15) is 5.58 Å². The minimum absolute atomic E-state index is 0.0333. The first-order chi connectivity index (χ1) is 16.0. The van der Waals surface area contributed by atoms with Crippen molar-refractivity contribution >= 4 is 28.5 Å². The molecule has 0 spiro atoms. The molecule has 0 radical (unpaired) electrons. The number of benzene rings is 2. The Labute approximate surface area is 193 Å². The molecule has 174 valence electrons. The third-order valence-electron chi connectivity index (χ3n) is 6.17. The predicted molar refractivity (Wildman–Crippen MR) is 129 cm³/mol. The van der Waals surface area contributed by atoms with Crippen LogP contribution in [0.1, 0.15) is 34.3 Å². The Kier molecular flexibility index (Phi) is 6.99. The number of para-hydroxylation sites is 1. The van der Waals surface area contributed by atoms with Crippen molar-refractivity contribution in [3.05, 3.63) is 69.4 Å². The molecule has 1 aromatic heterocycles. The smallest absolute Gasteiger partial charge is 0.339 e. The number of methoxy groups -OCH3 is 2. The van der Waals surface area contributed by atoms with E-state index in [4.69, 9.17) is 13.9 Å². The van der Waals surface area contributed by atoms with Gasteiger partial charge in [0, 0.05) is 38.5 Å². The number of hydrogen-bond acceptors (Lipinski definition) is 7. The quantitative estimate of drug-likeness (QED) is 0.542. The molecule has 33 heavy (non-hydrogen) atoms. The summed E-state index contributed by atoms with van der Waals surface area (Å²) >= 11 is 0. The highest BCUT2D eigenvalue weighted by atomic mass is 16.5. The van der Waals surface area contributed by atoms with Crippen molar-refractivity contribution in [2.45, 2.75) is 32.3 Å². The van der Waals surface area contributed by atoms with Crippen molar-refractivity contribution in [1.29, 1.82) is 0 Å². The van der Waals surface area contributed by atoms with E-state index in [1.807, 2.05) is 25.1 Å². The zero-order chi connectivity index (χ0) is 23.4. The van der Waals surface area contributed by atoms with Crippen LogP contribution >= 0.6 is 0 Å². The molecule has 0 unspecified atom stereocenters. The van der Waals surface area contributed by atoms with Gasteiger partial charge in [0.05, 0.1) is 24.2 Å². The van der Waals surface area contributed by atoms with E-state index in [1.165, 1.54) is 7.11 Å². The van der Waals surface area contributed by atoms with Gasteiger partial charge in [0.15, 0.2) is 11.3 Å². The van der Waals surface area contributed by atoms with E-state index in [9.17, 15) is 9.59 Å². The first-order valence-electron chi connectivity index (χ1n) is 11.3. The molecule has 1 N–H and O–H groups in total. The summed E-state index contributed by atoms with van der Waals surface area (Å²) in [5, 5.41) is 3.91. The number of esters is 1. The summed E-state index contributed by atoms with van der Waals surface area (Å²) in [4.78, 5) is 27.1. The Balaban J connectivity index is 1.58. The molecule has 0 amide bonds. The number of rotatable bonds is 7. The number of fused-ring (bicyclic) bond motifs is 1. The van der Waals surface area contributed by atoms with Crippen molar-refractivity contribution in [2.24, 2.45) is 0 Å². The van der Waals surface area contributed by atoms with Gasteiger partial charge in [-0.25, -0.2) is 4.79 Å². The molecule has 2 aromatic carbocycles. The summed E-state index contributed by atoms with van der Waals surface area (Å²) in [7, 11) is 3.11. The van der Waals surface area contributed by atoms with Gasteiger partial charge >= 0.3 is 5.97 Å². The molecular formula is C26H30N2O5. The van der Waals surface area contributed by atoms with Gasteiger partial charge in [-0.15, -0.1) is 0 Å². The lowest BCUT2D eigenvalue weighted by atomic mass is 10.0. The zero-order valence-electron chi connectivity index (χ0n) is 19.3. The van der Waals surface area contributed by atoms with Gasteiger partial charge in [-0.05, 0) is 55.5 Å². The van der Waals surface area contributed by atoms with E-state index in [-0.39, 0.29) is 17.5 Å². The zero-order valence-corrected chi connectivity index (χ0v) is 19.3. The van der Waals surface area contributed by atoms with E-state index in [1.54, 1.807) is 25.3 Å². The van der Waals surface area contributed by atoms with Crippen LogP contribution < -0.4 is 15.6 Å². The van der Waals surface area contributed by atoms with Crippen molar-refractivity contribution in [2.75, 3.05) is 44.1 Å². The third-order valence-corrected chi connectivity index (χ3v) is 6.17. The van der Waals surface area contributed by atoms with Crippen molar-refractivity contribution in [3.8, 4) is 0 Å². The fourth-order valence-electron chi connectivity index (χ4n) is 4.39. The Morgan fingerprint density at radius 2 is 1.91 bits per heavy atom. The third kappa shape index (κ3) is 5.03. The molecule has 0 saturated carbocycles. The molecular weight excluding hydrogens is 420 g/mol. The fraction of sp³-hybridized carbons (Fsp3) is 0.385. The minimum atomic E-state index is -0.382. The van der Waals surface area contributed by atoms with Crippen LogP contribution in [0, 0.1) is 6.92 Å². The van der Waals surface area contributed by atoms with Gasteiger partial charge in [0.2, 0.25) is 0 Å².